The van der Waals surface area contributed by atoms with Crippen LogP contribution in [0.1, 0.15) is 57.9 Å². The third-order valence-corrected chi connectivity index (χ3v) is 4.97. The van der Waals surface area contributed by atoms with E-state index in [1.807, 2.05) is 25.1 Å². The van der Waals surface area contributed by atoms with Gasteiger partial charge in [-0.1, -0.05) is 54.9 Å². The zero-order valence-corrected chi connectivity index (χ0v) is 18.8. The zero-order chi connectivity index (χ0) is 22.3. The number of phenols is 1. The van der Waals surface area contributed by atoms with E-state index in [4.69, 9.17) is 10.5 Å². The molecular formula is C26H35N3O2. The number of nitrogens with zero attached hydrogens (tertiary/aromatic N) is 2. The second-order valence-corrected chi connectivity index (χ2v) is 7.52. The van der Waals surface area contributed by atoms with Gasteiger partial charge in [0, 0.05) is 18.1 Å². The number of nitrogens with two attached hydrogens (primary N) is 1. The molecule has 3 N–H and O–H groups in total. The van der Waals surface area contributed by atoms with Crippen LogP contribution in [0.4, 0.5) is 0 Å². The Morgan fingerprint density at radius 2 is 1.87 bits per heavy atom. The van der Waals surface area contributed by atoms with E-state index in [0.717, 1.165) is 49.9 Å². The van der Waals surface area contributed by atoms with Crippen molar-refractivity contribution in [3.05, 3.63) is 71.4 Å². The van der Waals surface area contributed by atoms with E-state index in [1.165, 1.54) is 5.57 Å². The monoisotopic (exact) mass is 421 g/mol. The van der Waals surface area contributed by atoms with Crippen LogP contribution in [0.2, 0.25) is 0 Å². The fraction of sp³-hybridized carbons (Fsp3) is 0.385. The third kappa shape index (κ3) is 8.77. The molecule has 1 aliphatic rings. The quantitative estimate of drug-likeness (QED) is 0.282. The van der Waals surface area contributed by atoms with E-state index in [0.29, 0.717) is 24.3 Å². The SMILES string of the molecule is C\C=C/C1=C(\C)C/C=C\C=C/C\C1=N/N=C/c1ccc(OCCCCCCN)cc1O. The molecule has 0 spiro atoms. The van der Waals surface area contributed by atoms with Crippen LogP contribution < -0.4 is 10.5 Å². The van der Waals surface area contributed by atoms with Gasteiger partial charge in [-0.2, -0.15) is 10.2 Å². The fourth-order valence-electron chi connectivity index (χ4n) is 3.22. The molecule has 1 aromatic carbocycles. The van der Waals surface area contributed by atoms with Gasteiger partial charge in [0.25, 0.3) is 0 Å². The number of aromatic hydroxyl groups is 1. The van der Waals surface area contributed by atoms with Gasteiger partial charge in [0.2, 0.25) is 0 Å². The molecule has 166 valence electrons. The van der Waals surface area contributed by atoms with E-state index >= 15 is 0 Å². The molecule has 31 heavy (non-hydrogen) atoms. The summed E-state index contributed by atoms with van der Waals surface area (Å²) in [5, 5.41) is 19.1. The Bertz CT molecular complexity index is 877. The molecule has 0 radical (unpaired) electrons. The van der Waals surface area contributed by atoms with Crippen molar-refractivity contribution in [2.45, 2.75) is 52.4 Å². The van der Waals surface area contributed by atoms with Crippen LogP contribution in [0.15, 0.2) is 76.0 Å². The van der Waals surface area contributed by atoms with Crippen LogP contribution in [-0.2, 0) is 0 Å². The van der Waals surface area contributed by atoms with Crippen LogP contribution in [0.5, 0.6) is 11.5 Å². The Labute approximate surface area is 186 Å². The first-order valence-corrected chi connectivity index (χ1v) is 11.1. The average molecular weight is 422 g/mol. The highest BCUT2D eigenvalue weighted by Crippen LogP contribution is 2.23. The Morgan fingerprint density at radius 1 is 1.10 bits per heavy atom. The van der Waals surface area contributed by atoms with Gasteiger partial charge in [-0.25, -0.2) is 0 Å². The highest BCUT2D eigenvalue weighted by molar-refractivity contribution is 6.04. The topological polar surface area (TPSA) is 80.2 Å². The number of benzene rings is 1. The van der Waals surface area contributed by atoms with Crippen molar-refractivity contribution in [2.75, 3.05) is 13.2 Å². The highest BCUT2D eigenvalue weighted by Gasteiger charge is 2.08. The van der Waals surface area contributed by atoms with E-state index in [1.54, 1.807) is 18.3 Å². The number of unbranched alkanes of at least 4 members (excludes halogenated alkanes) is 3. The van der Waals surface area contributed by atoms with Crippen LogP contribution in [0.25, 0.3) is 0 Å². The Balaban J connectivity index is 2.05. The van der Waals surface area contributed by atoms with E-state index < -0.39 is 0 Å². The van der Waals surface area contributed by atoms with Crippen molar-refractivity contribution in [1.29, 1.82) is 0 Å². The summed E-state index contributed by atoms with van der Waals surface area (Å²) in [4.78, 5) is 0. The van der Waals surface area contributed by atoms with Crippen LogP contribution >= 0.6 is 0 Å². The standard InChI is InChI=1S/C26H35N3O2/c1-3-12-24-21(2)13-8-4-5-9-14-25(24)29-28-20-22-15-16-23(19-26(22)30)31-18-11-7-6-10-17-27/h3-5,8-9,12,15-16,19-20,30H,6-7,10-11,13-14,17-18,27H2,1-2H3/b8-4-,9-5-,12-3-,24-21-,28-20+,29-25+. The van der Waals surface area contributed by atoms with Crippen LogP contribution in [0, 0.1) is 0 Å². The first-order valence-electron chi connectivity index (χ1n) is 11.1. The lowest BCUT2D eigenvalue weighted by Crippen LogP contribution is -2.02. The molecule has 0 saturated carbocycles. The molecule has 0 aromatic heterocycles. The molecule has 0 atom stereocenters. The van der Waals surface area contributed by atoms with Crippen molar-refractivity contribution in [3.8, 4) is 11.5 Å². The Hall–Kier alpha value is -2.92. The highest BCUT2D eigenvalue weighted by atomic mass is 16.5. The van der Waals surface area contributed by atoms with Crippen LogP contribution in [-0.4, -0.2) is 30.2 Å². The molecule has 0 bridgehead atoms. The van der Waals surface area contributed by atoms with Gasteiger partial charge in [0.05, 0.1) is 18.5 Å². The summed E-state index contributed by atoms with van der Waals surface area (Å²) in [6, 6.07) is 5.26. The number of hydrogen-bond donors (Lipinski definition) is 2. The maximum Gasteiger partial charge on any atom is 0.128 e. The summed E-state index contributed by atoms with van der Waals surface area (Å²) in [7, 11) is 0. The lowest BCUT2D eigenvalue weighted by Gasteiger charge is -2.08. The lowest BCUT2D eigenvalue weighted by molar-refractivity contribution is 0.303. The number of allylic oxidation sites excluding steroid dienone is 8. The summed E-state index contributed by atoms with van der Waals surface area (Å²) in [6.07, 6.45) is 19.8. The number of phenolic OH excluding ortho intramolecular Hbond substituents is 1. The van der Waals surface area contributed by atoms with E-state index in [-0.39, 0.29) is 5.75 Å². The van der Waals surface area contributed by atoms with Gasteiger partial charge >= 0.3 is 0 Å². The largest absolute Gasteiger partial charge is 0.507 e. The van der Waals surface area contributed by atoms with E-state index in [9.17, 15) is 5.11 Å². The van der Waals surface area contributed by atoms with Gasteiger partial charge in [0.15, 0.2) is 0 Å². The molecule has 2 rings (SSSR count). The molecule has 5 heteroatoms. The zero-order valence-electron chi connectivity index (χ0n) is 18.8. The predicted octanol–water partition coefficient (Wildman–Crippen LogP) is 5.86. The molecular weight excluding hydrogens is 386 g/mol. The second-order valence-electron chi connectivity index (χ2n) is 7.52. The molecule has 0 heterocycles. The van der Waals surface area contributed by atoms with Gasteiger partial charge in [0.1, 0.15) is 11.5 Å². The third-order valence-electron chi connectivity index (χ3n) is 4.97. The fourth-order valence-corrected chi connectivity index (χ4v) is 3.22. The maximum absolute atomic E-state index is 10.3. The molecule has 0 fully saturated rings. The summed E-state index contributed by atoms with van der Waals surface area (Å²) in [5.74, 6) is 0.783. The smallest absolute Gasteiger partial charge is 0.128 e. The van der Waals surface area contributed by atoms with Gasteiger partial charge in [-0.05, 0) is 57.4 Å². The van der Waals surface area contributed by atoms with Gasteiger partial charge in [-0.3, -0.25) is 0 Å². The molecule has 1 aliphatic carbocycles. The van der Waals surface area contributed by atoms with E-state index in [2.05, 4.69) is 41.4 Å². The predicted molar refractivity (Wildman–Crippen MR) is 131 cm³/mol. The minimum absolute atomic E-state index is 0.128. The summed E-state index contributed by atoms with van der Waals surface area (Å²) in [5.41, 5.74) is 9.36. The van der Waals surface area contributed by atoms with Gasteiger partial charge < -0.3 is 15.6 Å². The Morgan fingerprint density at radius 3 is 2.61 bits per heavy atom. The molecule has 0 unspecified atom stereocenters. The summed E-state index contributed by atoms with van der Waals surface area (Å²) >= 11 is 0. The second kappa shape index (κ2) is 14.1. The average Bonchev–Trinajstić information content (AvgIpc) is 2.84. The van der Waals surface area contributed by atoms with Crippen molar-refractivity contribution >= 4 is 11.9 Å². The first kappa shape index (κ1) is 24.4. The van der Waals surface area contributed by atoms with Crippen molar-refractivity contribution in [1.82, 2.24) is 0 Å². The summed E-state index contributed by atoms with van der Waals surface area (Å²) < 4.78 is 5.72. The Kier molecular flexibility index (Phi) is 11.1. The number of rotatable bonds is 10. The van der Waals surface area contributed by atoms with Crippen LogP contribution in [0.3, 0.4) is 0 Å². The first-order chi connectivity index (χ1) is 15.2. The maximum atomic E-state index is 10.3. The lowest BCUT2D eigenvalue weighted by atomic mass is 10.00. The van der Waals surface area contributed by atoms with Gasteiger partial charge in [-0.15, -0.1) is 0 Å². The molecule has 0 aliphatic heterocycles. The minimum Gasteiger partial charge on any atom is -0.507 e. The molecule has 1 aromatic rings. The molecule has 5 nitrogen and oxygen atoms in total. The normalized spacial score (nSPS) is 20.7. The summed E-state index contributed by atoms with van der Waals surface area (Å²) in [6.45, 7) is 5.49. The number of hydrogen-bond acceptors (Lipinski definition) is 5. The van der Waals surface area contributed by atoms with Crippen molar-refractivity contribution < 1.29 is 9.84 Å². The van der Waals surface area contributed by atoms with Crippen molar-refractivity contribution in [2.24, 2.45) is 15.9 Å². The van der Waals surface area contributed by atoms with Crippen molar-refractivity contribution in [3.63, 3.8) is 0 Å². The minimum atomic E-state index is 0.128. The molecule has 0 saturated heterocycles. The molecule has 0 amide bonds. The number of ether oxygens (including phenoxy) is 1.